The Morgan fingerprint density at radius 3 is 2.64 bits per heavy atom. The summed E-state index contributed by atoms with van der Waals surface area (Å²) in [6.45, 7) is 0.514. The second-order valence-electron chi connectivity index (χ2n) is 6.06. The van der Waals surface area contributed by atoms with Crippen molar-refractivity contribution in [2.45, 2.75) is 6.54 Å². The summed E-state index contributed by atoms with van der Waals surface area (Å²) in [6.07, 6.45) is 3.25. The van der Waals surface area contributed by atoms with Gasteiger partial charge in [-0.15, -0.1) is 0 Å². The van der Waals surface area contributed by atoms with Gasteiger partial charge in [0.1, 0.15) is 11.4 Å². The molecular formula is C20H15Cl2N5O. The van der Waals surface area contributed by atoms with E-state index in [1.165, 1.54) is 6.20 Å². The first-order chi connectivity index (χ1) is 13.6. The minimum atomic E-state index is -0.268. The number of hydrogen-bond donors (Lipinski definition) is 2. The Labute approximate surface area is 171 Å². The summed E-state index contributed by atoms with van der Waals surface area (Å²) in [5.74, 6) is 0.350. The predicted octanol–water partition coefficient (Wildman–Crippen LogP) is 4.90. The fourth-order valence-corrected chi connectivity index (χ4v) is 3.01. The van der Waals surface area contributed by atoms with E-state index in [-0.39, 0.29) is 5.91 Å². The maximum absolute atomic E-state index is 12.6. The zero-order chi connectivity index (χ0) is 19.5. The Balaban J connectivity index is 1.54. The van der Waals surface area contributed by atoms with E-state index in [2.05, 4.69) is 20.7 Å². The van der Waals surface area contributed by atoms with Gasteiger partial charge in [-0.1, -0.05) is 47.5 Å². The average Bonchev–Trinajstić information content (AvgIpc) is 3.13. The van der Waals surface area contributed by atoms with Crippen LogP contribution in [-0.2, 0) is 6.54 Å². The third-order valence-corrected chi connectivity index (χ3v) is 4.84. The molecule has 0 saturated carbocycles. The molecule has 4 aromatic rings. The number of amides is 1. The molecule has 2 aromatic heterocycles. The van der Waals surface area contributed by atoms with Crippen LogP contribution in [0.2, 0.25) is 10.0 Å². The molecule has 140 valence electrons. The van der Waals surface area contributed by atoms with Crippen molar-refractivity contribution in [2.24, 2.45) is 0 Å². The first-order valence-electron chi connectivity index (χ1n) is 8.49. The monoisotopic (exact) mass is 411 g/mol. The van der Waals surface area contributed by atoms with Crippen LogP contribution in [0.1, 0.15) is 15.9 Å². The van der Waals surface area contributed by atoms with Gasteiger partial charge in [-0.25, -0.2) is 9.50 Å². The van der Waals surface area contributed by atoms with Gasteiger partial charge in [-0.05, 0) is 35.9 Å². The van der Waals surface area contributed by atoms with E-state index in [1.54, 1.807) is 28.9 Å². The van der Waals surface area contributed by atoms with Gasteiger partial charge in [0.15, 0.2) is 5.65 Å². The molecule has 0 bridgehead atoms. The minimum Gasteiger partial charge on any atom is -0.366 e. The van der Waals surface area contributed by atoms with Crippen LogP contribution in [0.3, 0.4) is 0 Å². The number of carbonyl (C=O) groups is 1. The van der Waals surface area contributed by atoms with Gasteiger partial charge in [-0.2, -0.15) is 5.10 Å². The molecule has 0 aliphatic heterocycles. The van der Waals surface area contributed by atoms with E-state index in [9.17, 15) is 4.79 Å². The number of para-hydroxylation sites is 1. The summed E-state index contributed by atoms with van der Waals surface area (Å²) in [6, 6.07) is 16.5. The lowest BCUT2D eigenvalue weighted by molar-refractivity contribution is 0.102. The lowest BCUT2D eigenvalue weighted by atomic mass is 10.2. The van der Waals surface area contributed by atoms with E-state index >= 15 is 0 Å². The second kappa shape index (κ2) is 7.88. The van der Waals surface area contributed by atoms with Crippen molar-refractivity contribution >= 4 is 46.3 Å². The highest BCUT2D eigenvalue weighted by Crippen LogP contribution is 2.23. The summed E-state index contributed by atoms with van der Waals surface area (Å²) in [5.41, 5.74) is 2.53. The van der Waals surface area contributed by atoms with Crippen molar-refractivity contribution in [3.8, 4) is 0 Å². The Kier molecular flexibility index (Phi) is 5.14. The molecule has 6 nitrogen and oxygen atoms in total. The van der Waals surface area contributed by atoms with Crippen LogP contribution in [0.4, 0.5) is 11.5 Å². The number of nitrogens with zero attached hydrogens (tertiary/aromatic N) is 3. The molecule has 0 saturated heterocycles. The smallest absolute Gasteiger partial charge is 0.261 e. The molecule has 0 unspecified atom stereocenters. The Morgan fingerprint density at radius 1 is 1.04 bits per heavy atom. The topological polar surface area (TPSA) is 71.3 Å². The standard InChI is InChI=1S/C20H15Cl2N5O/c21-16-7-6-13(10-17(16)22)11-23-18-8-9-27-19(26-18)15(12-24-27)20(28)25-14-4-2-1-3-5-14/h1-10,12H,11H2,(H,23,26)(H,25,28). The summed E-state index contributed by atoms with van der Waals surface area (Å²) in [7, 11) is 0. The van der Waals surface area contributed by atoms with Gasteiger partial charge in [-0.3, -0.25) is 4.79 Å². The number of fused-ring (bicyclic) bond motifs is 1. The average molecular weight is 412 g/mol. The number of rotatable bonds is 5. The minimum absolute atomic E-state index is 0.268. The third kappa shape index (κ3) is 3.93. The number of aromatic nitrogens is 3. The summed E-state index contributed by atoms with van der Waals surface area (Å²) < 4.78 is 1.56. The van der Waals surface area contributed by atoms with Crippen LogP contribution in [0.15, 0.2) is 67.0 Å². The first-order valence-corrected chi connectivity index (χ1v) is 9.24. The molecule has 0 aliphatic carbocycles. The molecule has 4 rings (SSSR count). The molecule has 2 N–H and O–H groups in total. The lowest BCUT2D eigenvalue weighted by Gasteiger charge is -2.08. The number of nitrogens with one attached hydrogen (secondary N) is 2. The van der Waals surface area contributed by atoms with E-state index in [1.807, 2.05) is 36.4 Å². The highest BCUT2D eigenvalue weighted by Gasteiger charge is 2.15. The summed E-state index contributed by atoms with van der Waals surface area (Å²) >= 11 is 12.0. The normalized spacial score (nSPS) is 10.8. The summed E-state index contributed by atoms with van der Waals surface area (Å²) in [5, 5.41) is 11.3. The molecule has 8 heteroatoms. The molecule has 0 fully saturated rings. The van der Waals surface area contributed by atoms with E-state index in [4.69, 9.17) is 23.2 Å². The molecule has 28 heavy (non-hydrogen) atoms. The largest absolute Gasteiger partial charge is 0.366 e. The van der Waals surface area contributed by atoms with Crippen LogP contribution < -0.4 is 10.6 Å². The summed E-state index contributed by atoms with van der Waals surface area (Å²) in [4.78, 5) is 17.1. The maximum atomic E-state index is 12.6. The number of carbonyl (C=O) groups excluding carboxylic acids is 1. The molecule has 2 aromatic carbocycles. The number of benzene rings is 2. The van der Waals surface area contributed by atoms with Crippen LogP contribution in [-0.4, -0.2) is 20.5 Å². The van der Waals surface area contributed by atoms with E-state index in [0.717, 1.165) is 5.56 Å². The van der Waals surface area contributed by atoms with Gasteiger partial charge in [0, 0.05) is 18.4 Å². The van der Waals surface area contributed by atoms with Crippen LogP contribution in [0, 0.1) is 0 Å². The Bertz CT molecular complexity index is 1140. The molecule has 0 aliphatic rings. The number of halogens is 2. The highest BCUT2D eigenvalue weighted by molar-refractivity contribution is 6.42. The van der Waals surface area contributed by atoms with Gasteiger partial charge >= 0.3 is 0 Å². The van der Waals surface area contributed by atoms with E-state index < -0.39 is 0 Å². The highest BCUT2D eigenvalue weighted by atomic mass is 35.5. The Hall–Kier alpha value is -3.09. The zero-order valence-corrected chi connectivity index (χ0v) is 16.1. The van der Waals surface area contributed by atoms with Crippen LogP contribution >= 0.6 is 23.2 Å². The van der Waals surface area contributed by atoms with Crippen molar-refractivity contribution in [1.29, 1.82) is 0 Å². The predicted molar refractivity (Wildman–Crippen MR) is 111 cm³/mol. The molecule has 2 heterocycles. The van der Waals surface area contributed by atoms with Crippen molar-refractivity contribution in [3.63, 3.8) is 0 Å². The molecule has 0 radical (unpaired) electrons. The van der Waals surface area contributed by atoms with Gasteiger partial charge in [0.25, 0.3) is 5.91 Å². The molecule has 1 amide bonds. The first kappa shape index (κ1) is 18.3. The van der Waals surface area contributed by atoms with Gasteiger partial charge in [0.05, 0.1) is 16.2 Å². The third-order valence-electron chi connectivity index (χ3n) is 4.10. The molecular weight excluding hydrogens is 397 g/mol. The van der Waals surface area contributed by atoms with Crippen molar-refractivity contribution in [2.75, 3.05) is 10.6 Å². The fourth-order valence-electron chi connectivity index (χ4n) is 2.69. The quantitative estimate of drug-likeness (QED) is 0.489. The number of anilines is 2. The number of hydrogen-bond acceptors (Lipinski definition) is 4. The lowest BCUT2D eigenvalue weighted by Crippen LogP contribution is -2.12. The zero-order valence-electron chi connectivity index (χ0n) is 14.6. The fraction of sp³-hybridized carbons (Fsp3) is 0.0500. The molecule has 0 atom stereocenters. The SMILES string of the molecule is O=C(Nc1ccccc1)c1cnn2ccc(NCc3ccc(Cl)c(Cl)c3)nc12. The second-order valence-corrected chi connectivity index (χ2v) is 6.88. The maximum Gasteiger partial charge on any atom is 0.261 e. The van der Waals surface area contributed by atoms with Gasteiger partial charge < -0.3 is 10.6 Å². The van der Waals surface area contributed by atoms with E-state index in [0.29, 0.717) is 39.3 Å². The Morgan fingerprint density at radius 2 is 1.86 bits per heavy atom. The van der Waals surface area contributed by atoms with Crippen molar-refractivity contribution < 1.29 is 4.79 Å². The van der Waals surface area contributed by atoms with Crippen LogP contribution in [0.5, 0.6) is 0 Å². The van der Waals surface area contributed by atoms with Crippen molar-refractivity contribution in [3.05, 3.63) is 88.2 Å². The molecule has 0 spiro atoms. The van der Waals surface area contributed by atoms with Gasteiger partial charge in [0.2, 0.25) is 0 Å². The van der Waals surface area contributed by atoms with Crippen LogP contribution in [0.25, 0.3) is 5.65 Å². The van der Waals surface area contributed by atoms with Crippen molar-refractivity contribution in [1.82, 2.24) is 14.6 Å².